The van der Waals surface area contributed by atoms with Gasteiger partial charge in [-0.3, -0.25) is 0 Å². The molecule has 1 aromatic carbocycles. The van der Waals surface area contributed by atoms with E-state index in [0.717, 1.165) is 36.3 Å². The Labute approximate surface area is 132 Å². The van der Waals surface area contributed by atoms with Crippen LogP contribution in [-0.2, 0) is 12.8 Å². The van der Waals surface area contributed by atoms with E-state index < -0.39 is 5.82 Å². The molecule has 3 rings (SSSR count). The maximum atomic E-state index is 13.7. The Kier molecular flexibility index (Phi) is 4.95. The molecule has 0 amide bonds. The van der Waals surface area contributed by atoms with Crippen LogP contribution in [0.4, 0.5) is 8.78 Å². The Hall–Kier alpha value is -1.18. The highest BCUT2D eigenvalue weighted by Gasteiger charge is 2.21. The molecule has 0 bridgehead atoms. The summed E-state index contributed by atoms with van der Waals surface area (Å²) in [6, 6.07) is 2.52. The van der Waals surface area contributed by atoms with E-state index in [2.05, 4.69) is 13.0 Å². The Bertz CT molecular complexity index is 551. The average Bonchev–Trinajstić information content (AvgIpc) is 2.53. The van der Waals surface area contributed by atoms with Crippen LogP contribution >= 0.6 is 0 Å². The molecule has 2 aliphatic rings. The van der Waals surface area contributed by atoms with E-state index in [-0.39, 0.29) is 5.82 Å². The molecule has 0 heterocycles. The second-order valence-electron chi connectivity index (χ2n) is 7.10. The minimum atomic E-state index is -0.449. The van der Waals surface area contributed by atoms with Crippen LogP contribution in [-0.4, -0.2) is 0 Å². The maximum Gasteiger partial charge on any atom is 0.129 e. The molecule has 2 aliphatic carbocycles. The molecule has 0 N–H and O–H groups in total. The Morgan fingerprint density at radius 2 is 1.77 bits per heavy atom. The fourth-order valence-electron chi connectivity index (χ4n) is 4.11. The van der Waals surface area contributed by atoms with Gasteiger partial charge in [0, 0.05) is 6.07 Å². The highest BCUT2D eigenvalue weighted by Crippen LogP contribution is 2.35. The monoisotopic (exact) mass is 304 g/mol. The number of hydrogen-bond donors (Lipinski definition) is 0. The van der Waals surface area contributed by atoms with Crippen LogP contribution in [0, 0.1) is 23.5 Å². The summed E-state index contributed by atoms with van der Waals surface area (Å²) in [5, 5.41) is 0. The first-order valence-electron chi connectivity index (χ1n) is 8.80. The van der Waals surface area contributed by atoms with Crippen LogP contribution < -0.4 is 0 Å². The highest BCUT2D eigenvalue weighted by atomic mass is 19.1. The van der Waals surface area contributed by atoms with Gasteiger partial charge in [-0.15, -0.1) is 0 Å². The molecule has 0 saturated heterocycles. The molecule has 1 aromatic rings. The lowest BCUT2D eigenvalue weighted by Crippen LogP contribution is -2.14. The molecule has 0 spiro atoms. The third kappa shape index (κ3) is 3.59. The normalized spacial score (nSPS) is 24.8. The van der Waals surface area contributed by atoms with E-state index >= 15 is 0 Å². The van der Waals surface area contributed by atoms with Crippen molar-refractivity contribution < 1.29 is 8.78 Å². The first kappa shape index (κ1) is 15.7. The summed E-state index contributed by atoms with van der Waals surface area (Å²) >= 11 is 0. The van der Waals surface area contributed by atoms with Crippen LogP contribution in [0.2, 0.25) is 0 Å². The lowest BCUT2D eigenvalue weighted by molar-refractivity contribution is 0.258. The molecule has 22 heavy (non-hydrogen) atoms. The minimum absolute atomic E-state index is 0.386. The number of rotatable bonds is 4. The van der Waals surface area contributed by atoms with Gasteiger partial charge >= 0.3 is 0 Å². The van der Waals surface area contributed by atoms with Gasteiger partial charge in [0.15, 0.2) is 0 Å². The van der Waals surface area contributed by atoms with E-state index in [0.29, 0.717) is 12.0 Å². The van der Waals surface area contributed by atoms with Gasteiger partial charge in [0.05, 0.1) is 0 Å². The zero-order valence-corrected chi connectivity index (χ0v) is 13.5. The topological polar surface area (TPSA) is 0 Å². The Balaban J connectivity index is 1.54. The van der Waals surface area contributed by atoms with Crippen LogP contribution in [0.25, 0.3) is 0 Å². The molecule has 0 atom stereocenters. The first-order chi connectivity index (χ1) is 10.7. The second-order valence-corrected chi connectivity index (χ2v) is 7.10. The zero-order chi connectivity index (χ0) is 15.5. The van der Waals surface area contributed by atoms with Crippen molar-refractivity contribution in [2.75, 3.05) is 0 Å². The summed E-state index contributed by atoms with van der Waals surface area (Å²) in [6.07, 6.45) is 12.7. The van der Waals surface area contributed by atoms with Crippen LogP contribution in [0.15, 0.2) is 23.8 Å². The van der Waals surface area contributed by atoms with Gasteiger partial charge in [0.25, 0.3) is 0 Å². The van der Waals surface area contributed by atoms with Crippen molar-refractivity contribution in [3.8, 4) is 0 Å². The van der Waals surface area contributed by atoms with Crippen molar-refractivity contribution in [3.63, 3.8) is 0 Å². The molecular weight excluding hydrogens is 278 g/mol. The number of allylic oxidation sites excluding steroid dienone is 2. The minimum Gasteiger partial charge on any atom is -0.207 e. The largest absolute Gasteiger partial charge is 0.207 e. The summed E-state index contributed by atoms with van der Waals surface area (Å²) in [4.78, 5) is 0. The fourth-order valence-corrected chi connectivity index (χ4v) is 4.11. The van der Waals surface area contributed by atoms with Gasteiger partial charge in [-0.25, -0.2) is 8.78 Å². The lowest BCUT2D eigenvalue weighted by atomic mass is 9.78. The Morgan fingerprint density at radius 3 is 2.50 bits per heavy atom. The van der Waals surface area contributed by atoms with Gasteiger partial charge < -0.3 is 0 Å². The molecule has 0 aromatic heterocycles. The number of benzene rings is 1. The van der Waals surface area contributed by atoms with Crippen LogP contribution in [0.1, 0.15) is 63.0 Å². The molecular formula is C20H26F2. The van der Waals surface area contributed by atoms with Gasteiger partial charge in [-0.1, -0.05) is 50.7 Å². The van der Waals surface area contributed by atoms with Gasteiger partial charge in [-0.2, -0.15) is 0 Å². The fraction of sp³-hybridized carbons (Fsp3) is 0.600. The zero-order valence-electron chi connectivity index (χ0n) is 13.5. The lowest BCUT2D eigenvalue weighted by Gasteiger charge is -2.28. The smallest absolute Gasteiger partial charge is 0.129 e. The van der Waals surface area contributed by atoms with Gasteiger partial charge in [0.1, 0.15) is 11.6 Å². The van der Waals surface area contributed by atoms with E-state index in [1.807, 2.05) is 0 Å². The van der Waals surface area contributed by atoms with Crippen molar-refractivity contribution in [3.05, 3.63) is 46.5 Å². The predicted molar refractivity (Wildman–Crippen MR) is 86.8 cm³/mol. The maximum absolute atomic E-state index is 13.7. The molecule has 0 nitrogen and oxygen atoms in total. The SMILES string of the molecule is CCC1CCC(CCC2=CCc3c(F)cc(F)cc3C2)CC1. The standard InChI is InChI=1S/C20H26F2/c1-2-14-3-5-15(6-4-14)7-8-16-9-10-19-17(11-16)12-18(21)13-20(19)22/h9,12-15H,2-8,10-11H2,1H3. The van der Waals surface area contributed by atoms with Crippen LogP contribution in [0.5, 0.6) is 0 Å². The van der Waals surface area contributed by atoms with Crippen molar-refractivity contribution in [2.45, 2.75) is 64.7 Å². The summed E-state index contributed by atoms with van der Waals surface area (Å²) < 4.78 is 27.1. The van der Waals surface area contributed by atoms with Crippen molar-refractivity contribution in [1.29, 1.82) is 0 Å². The van der Waals surface area contributed by atoms with E-state index in [4.69, 9.17) is 0 Å². The molecule has 1 saturated carbocycles. The average molecular weight is 304 g/mol. The molecule has 1 fully saturated rings. The second kappa shape index (κ2) is 6.93. The quantitative estimate of drug-likeness (QED) is 0.600. The molecule has 0 unspecified atom stereocenters. The number of halogens is 2. The molecule has 2 heteroatoms. The van der Waals surface area contributed by atoms with Crippen molar-refractivity contribution >= 4 is 0 Å². The van der Waals surface area contributed by atoms with Gasteiger partial charge in [0.2, 0.25) is 0 Å². The van der Waals surface area contributed by atoms with E-state index in [1.165, 1.54) is 50.2 Å². The van der Waals surface area contributed by atoms with Crippen molar-refractivity contribution in [1.82, 2.24) is 0 Å². The summed E-state index contributed by atoms with van der Waals surface area (Å²) in [5.41, 5.74) is 2.91. The van der Waals surface area contributed by atoms with Crippen molar-refractivity contribution in [2.24, 2.45) is 11.8 Å². The number of hydrogen-bond acceptors (Lipinski definition) is 0. The summed E-state index contributed by atoms with van der Waals surface area (Å²) in [6.45, 7) is 2.30. The van der Waals surface area contributed by atoms with E-state index in [1.54, 1.807) is 0 Å². The number of fused-ring (bicyclic) bond motifs is 1. The van der Waals surface area contributed by atoms with Gasteiger partial charge in [-0.05, 0) is 54.7 Å². The highest BCUT2D eigenvalue weighted by molar-refractivity contribution is 5.38. The molecule has 0 aliphatic heterocycles. The molecule has 0 radical (unpaired) electrons. The third-order valence-electron chi connectivity index (χ3n) is 5.68. The molecule has 120 valence electrons. The predicted octanol–water partition coefficient (Wildman–Crippen LogP) is 5.99. The first-order valence-corrected chi connectivity index (χ1v) is 8.80. The Morgan fingerprint density at radius 1 is 1.05 bits per heavy atom. The van der Waals surface area contributed by atoms with Crippen LogP contribution in [0.3, 0.4) is 0 Å². The third-order valence-corrected chi connectivity index (χ3v) is 5.68. The van der Waals surface area contributed by atoms with E-state index in [9.17, 15) is 8.78 Å². The summed E-state index contributed by atoms with van der Waals surface area (Å²) in [5.74, 6) is 0.968. The summed E-state index contributed by atoms with van der Waals surface area (Å²) in [7, 11) is 0.